The van der Waals surface area contributed by atoms with Crippen LogP contribution < -0.4 is 19.2 Å². The molecule has 3 aromatic carbocycles. The molecule has 2 aliphatic rings. The lowest BCUT2D eigenvalue weighted by atomic mass is 9.83. The van der Waals surface area contributed by atoms with Crippen LogP contribution in [0.2, 0.25) is 0 Å². The van der Waals surface area contributed by atoms with Crippen molar-refractivity contribution in [3.05, 3.63) is 104 Å². The SMILES string of the molecule is COc1ccc(N2C(=O)[C@H]3[C@H](c4ccc(OCc5cccc(C)c5)cc4)c4sc(=O)[nH]c4S[C@H]3C2=O)cc1. The van der Waals surface area contributed by atoms with Gasteiger partial charge in [0.05, 0.1) is 23.7 Å². The number of amides is 2. The number of carbonyl (C=O) groups is 2. The van der Waals surface area contributed by atoms with Crippen LogP contribution in [0, 0.1) is 12.8 Å². The van der Waals surface area contributed by atoms with E-state index in [1.54, 1.807) is 31.4 Å². The second-order valence-electron chi connectivity index (χ2n) is 9.31. The molecule has 192 valence electrons. The Balaban J connectivity index is 1.31. The van der Waals surface area contributed by atoms with E-state index in [0.717, 1.165) is 27.3 Å². The Morgan fingerprint density at radius 2 is 1.66 bits per heavy atom. The standard InChI is InChI=1S/C29H24N2O5S2/c1-16-4-3-5-17(14-16)15-36-21-10-6-18(7-11-21)22-23-25(37-26-24(22)38-29(34)30-26)28(33)31(27(23)32)19-8-12-20(35-2)13-9-19/h3-14,22-23,25H,15H2,1-2H3,(H,30,34)/t22-,23-,25+/m0/s1. The molecule has 7 nitrogen and oxygen atoms in total. The maximum atomic E-state index is 13.8. The molecule has 1 N–H and O–H groups in total. The average Bonchev–Trinajstić information content (AvgIpc) is 3.42. The molecule has 4 aromatic rings. The third kappa shape index (κ3) is 4.31. The summed E-state index contributed by atoms with van der Waals surface area (Å²) >= 11 is 2.37. The van der Waals surface area contributed by atoms with Crippen LogP contribution in [0.5, 0.6) is 11.5 Å². The molecule has 0 radical (unpaired) electrons. The predicted octanol–water partition coefficient (Wildman–Crippen LogP) is 5.13. The van der Waals surface area contributed by atoms with Crippen molar-refractivity contribution >= 4 is 40.6 Å². The van der Waals surface area contributed by atoms with E-state index in [-0.39, 0.29) is 16.7 Å². The van der Waals surface area contributed by atoms with E-state index < -0.39 is 17.1 Å². The summed E-state index contributed by atoms with van der Waals surface area (Å²) in [5.41, 5.74) is 3.62. The maximum Gasteiger partial charge on any atom is 0.305 e. The van der Waals surface area contributed by atoms with Crippen LogP contribution in [0.4, 0.5) is 5.69 Å². The molecular weight excluding hydrogens is 520 g/mol. The zero-order valence-corrected chi connectivity index (χ0v) is 22.3. The Labute approximate surface area is 227 Å². The van der Waals surface area contributed by atoms with Gasteiger partial charge in [-0.3, -0.25) is 14.4 Å². The van der Waals surface area contributed by atoms with Gasteiger partial charge in [-0.15, -0.1) is 0 Å². The van der Waals surface area contributed by atoms with Gasteiger partial charge in [-0.1, -0.05) is 65.1 Å². The number of aromatic nitrogens is 1. The lowest BCUT2D eigenvalue weighted by molar-refractivity contribution is -0.122. The van der Waals surface area contributed by atoms with E-state index in [1.165, 1.54) is 22.2 Å². The minimum absolute atomic E-state index is 0.197. The summed E-state index contributed by atoms with van der Waals surface area (Å²) in [6, 6.07) is 22.6. The highest BCUT2D eigenvalue weighted by Gasteiger charge is 2.56. The van der Waals surface area contributed by atoms with Gasteiger partial charge in [0.15, 0.2) is 0 Å². The Kier molecular flexibility index (Phi) is 6.33. The normalized spacial score (nSPS) is 20.3. The van der Waals surface area contributed by atoms with Crippen LogP contribution in [-0.4, -0.2) is 29.2 Å². The highest BCUT2D eigenvalue weighted by atomic mass is 32.2. The molecule has 0 spiro atoms. The molecule has 6 rings (SSSR count). The van der Waals surface area contributed by atoms with Crippen LogP contribution in [0.25, 0.3) is 0 Å². The van der Waals surface area contributed by atoms with Crippen LogP contribution in [-0.2, 0) is 16.2 Å². The highest BCUT2D eigenvalue weighted by Crippen LogP contribution is 2.53. The largest absolute Gasteiger partial charge is 0.497 e. The van der Waals surface area contributed by atoms with Gasteiger partial charge in [-0.25, -0.2) is 4.90 Å². The number of anilines is 1. The van der Waals surface area contributed by atoms with E-state index in [9.17, 15) is 14.4 Å². The van der Waals surface area contributed by atoms with Gasteiger partial charge < -0.3 is 14.5 Å². The molecule has 0 aliphatic carbocycles. The highest BCUT2D eigenvalue weighted by molar-refractivity contribution is 8.00. The van der Waals surface area contributed by atoms with Gasteiger partial charge in [0.1, 0.15) is 23.4 Å². The zero-order valence-electron chi connectivity index (χ0n) is 20.7. The monoisotopic (exact) mass is 544 g/mol. The van der Waals surface area contributed by atoms with Gasteiger partial charge in [0.2, 0.25) is 11.8 Å². The quantitative estimate of drug-likeness (QED) is 0.339. The fraction of sp³-hybridized carbons (Fsp3) is 0.207. The third-order valence-corrected chi connectivity index (χ3v) is 9.28. The number of imide groups is 1. The fourth-order valence-corrected chi connectivity index (χ4v) is 7.62. The maximum absolute atomic E-state index is 13.8. The van der Waals surface area contributed by atoms with E-state index in [1.807, 2.05) is 49.4 Å². The molecule has 3 atom stereocenters. The molecule has 0 bridgehead atoms. The van der Waals surface area contributed by atoms with E-state index in [4.69, 9.17) is 9.47 Å². The summed E-state index contributed by atoms with van der Waals surface area (Å²) < 4.78 is 11.2. The Hall–Kier alpha value is -3.82. The smallest absolute Gasteiger partial charge is 0.305 e. The number of fused-ring (bicyclic) bond motifs is 2. The molecule has 1 saturated heterocycles. The minimum Gasteiger partial charge on any atom is -0.497 e. The number of methoxy groups -OCH3 is 1. The topological polar surface area (TPSA) is 88.7 Å². The van der Waals surface area contributed by atoms with Crippen molar-refractivity contribution in [1.29, 1.82) is 0 Å². The number of H-pyrrole nitrogens is 1. The van der Waals surface area contributed by atoms with Gasteiger partial charge in [0, 0.05) is 10.8 Å². The summed E-state index contributed by atoms with van der Waals surface area (Å²) in [4.78, 5) is 44.4. The number of hydrogen-bond donors (Lipinski definition) is 1. The van der Waals surface area contributed by atoms with Crippen LogP contribution in [0.1, 0.15) is 27.5 Å². The van der Waals surface area contributed by atoms with Crippen molar-refractivity contribution in [2.24, 2.45) is 5.92 Å². The number of rotatable bonds is 6. The molecule has 2 amide bonds. The molecular formula is C29H24N2O5S2. The molecule has 38 heavy (non-hydrogen) atoms. The summed E-state index contributed by atoms with van der Waals surface area (Å²) in [5, 5.41) is 0.0216. The Morgan fingerprint density at radius 1 is 0.921 bits per heavy atom. The first kappa shape index (κ1) is 24.5. The van der Waals surface area contributed by atoms with Crippen LogP contribution >= 0.6 is 23.1 Å². The minimum atomic E-state index is -0.635. The second kappa shape index (κ2) is 9.81. The van der Waals surface area contributed by atoms with Gasteiger partial charge >= 0.3 is 4.87 Å². The predicted molar refractivity (Wildman–Crippen MR) is 147 cm³/mol. The number of aromatic amines is 1. The number of aryl methyl sites for hydroxylation is 1. The molecule has 9 heteroatoms. The van der Waals surface area contributed by atoms with Crippen LogP contribution in [0.3, 0.4) is 0 Å². The molecule has 0 unspecified atom stereocenters. The Bertz CT molecular complexity index is 1580. The lowest BCUT2D eigenvalue weighted by Gasteiger charge is -2.29. The second-order valence-corrected chi connectivity index (χ2v) is 11.5. The number of ether oxygens (including phenoxy) is 2. The average molecular weight is 545 g/mol. The van der Waals surface area contributed by atoms with Crippen molar-refractivity contribution in [2.75, 3.05) is 12.0 Å². The zero-order chi connectivity index (χ0) is 26.4. The number of benzene rings is 3. The van der Waals surface area contributed by atoms with Crippen molar-refractivity contribution < 1.29 is 19.1 Å². The van der Waals surface area contributed by atoms with E-state index >= 15 is 0 Å². The molecule has 1 fully saturated rings. The summed E-state index contributed by atoms with van der Waals surface area (Å²) in [6.45, 7) is 2.49. The first-order chi connectivity index (χ1) is 18.4. The first-order valence-corrected chi connectivity index (χ1v) is 13.8. The lowest BCUT2D eigenvalue weighted by Crippen LogP contribution is -2.32. The summed E-state index contributed by atoms with van der Waals surface area (Å²) in [5.74, 6) is -0.265. The Morgan fingerprint density at radius 3 is 2.37 bits per heavy atom. The van der Waals surface area contributed by atoms with Crippen LogP contribution in [0.15, 0.2) is 82.6 Å². The van der Waals surface area contributed by atoms with Crippen molar-refractivity contribution in [1.82, 2.24) is 4.98 Å². The van der Waals surface area contributed by atoms with E-state index in [2.05, 4.69) is 11.1 Å². The molecule has 3 heterocycles. The van der Waals surface area contributed by atoms with Crippen molar-refractivity contribution in [2.45, 2.75) is 29.7 Å². The first-order valence-electron chi connectivity index (χ1n) is 12.1. The molecule has 2 aliphatic heterocycles. The number of carbonyl (C=O) groups excluding carboxylic acids is 2. The van der Waals surface area contributed by atoms with Gasteiger partial charge in [-0.2, -0.15) is 0 Å². The number of thiazole rings is 1. The number of hydrogen-bond acceptors (Lipinski definition) is 7. The third-order valence-electron chi connectivity index (χ3n) is 6.88. The van der Waals surface area contributed by atoms with Gasteiger partial charge in [0.25, 0.3) is 0 Å². The summed E-state index contributed by atoms with van der Waals surface area (Å²) in [6.07, 6.45) is 0. The summed E-state index contributed by atoms with van der Waals surface area (Å²) in [7, 11) is 1.56. The number of nitrogens with zero attached hydrogens (tertiary/aromatic N) is 1. The van der Waals surface area contributed by atoms with Gasteiger partial charge in [-0.05, 0) is 54.4 Å². The fourth-order valence-electron chi connectivity index (χ4n) is 5.10. The number of nitrogens with one attached hydrogen (secondary N) is 1. The van der Waals surface area contributed by atoms with E-state index in [0.29, 0.717) is 28.8 Å². The molecule has 1 aromatic heterocycles. The molecule has 0 saturated carbocycles. The van der Waals surface area contributed by atoms with Crippen molar-refractivity contribution in [3.8, 4) is 11.5 Å². The number of thioether (sulfide) groups is 1. The van der Waals surface area contributed by atoms with Crippen molar-refractivity contribution in [3.63, 3.8) is 0 Å².